The minimum absolute atomic E-state index is 0.0518. The maximum absolute atomic E-state index is 16.5. The lowest BCUT2D eigenvalue weighted by atomic mass is 9.98. The quantitative estimate of drug-likeness (QED) is 0.0680. The summed E-state index contributed by atoms with van der Waals surface area (Å²) in [5.74, 6) is -4.09. The van der Waals surface area contributed by atoms with E-state index in [1.807, 2.05) is 0 Å². The van der Waals surface area contributed by atoms with Crippen molar-refractivity contribution < 1.29 is 66.0 Å². The van der Waals surface area contributed by atoms with Gasteiger partial charge in [-0.2, -0.15) is 9.97 Å². The molecule has 2 fully saturated rings. The van der Waals surface area contributed by atoms with Crippen LogP contribution in [0.1, 0.15) is 88.5 Å². The van der Waals surface area contributed by atoms with Crippen molar-refractivity contribution in [2.75, 3.05) is 23.8 Å². The highest BCUT2D eigenvalue weighted by Crippen LogP contribution is 2.44. The Labute approximate surface area is 477 Å². The first kappa shape index (κ1) is 58.3. The molecule has 0 unspecified atom stereocenters. The van der Waals surface area contributed by atoms with Crippen molar-refractivity contribution >= 4 is 47.3 Å². The molecule has 0 saturated carbocycles. The van der Waals surface area contributed by atoms with Crippen LogP contribution in [0, 0.1) is 0 Å². The molecular weight excluding hydrogens is 1090 g/mol. The minimum Gasteiger partial charge on any atom is -0.459 e. The first-order valence-corrected chi connectivity index (χ1v) is 26.0. The normalized spacial score (nSPS) is 21.3. The summed E-state index contributed by atoms with van der Waals surface area (Å²) < 4.78 is 68.4. The van der Waals surface area contributed by atoms with Crippen molar-refractivity contribution in [1.82, 2.24) is 19.1 Å². The molecule has 0 radical (unpaired) electrons. The smallest absolute Gasteiger partial charge is 0.351 e. The summed E-state index contributed by atoms with van der Waals surface area (Å²) in [5, 5.41) is 5.05. The number of anilines is 2. The summed E-state index contributed by atoms with van der Waals surface area (Å²) in [7, 11) is 0. The number of carbonyl (C=O) groups is 6. The highest BCUT2D eigenvalue weighted by molar-refractivity contribution is 6.04. The Morgan fingerprint density at radius 1 is 0.440 bits per heavy atom. The highest BCUT2D eigenvalue weighted by Gasteiger charge is 2.60. The van der Waals surface area contributed by atoms with E-state index >= 15 is 8.78 Å². The van der Waals surface area contributed by atoms with Gasteiger partial charge in [0, 0.05) is 23.5 Å². The van der Waals surface area contributed by atoms with Crippen LogP contribution in [0.4, 0.5) is 20.4 Å². The van der Waals surface area contributed by atoms with Gasteiger partial charge in [-0.15, -0.1) is 0 Å². The molecule has 6 aromatic carbocycles. The van der Waals surface area contributed by atoms with Crippen molar-refractivity contribution in [2.45, 2.75) is 62.1 Å². The number of hydrogen-bond donors (Lipinski definition) is 2. The molecule has 0 spiro atoms. The van der Waals surface area contributed by atoms with Crippen LogP contribution in [-0.4, -0.2) is 104 Å². The largest absolute Gasteiger partial charge is 0.459 e. The number of halogens is 2. The molecule has 0 aliphatic carbocycles. The van der Waals surface area contributed by atoms with Gasteiger partial charge < -0.3 is 39.1 Å². The molecule has 22 heteroatoms. The van der Waals surface area contributed by atoms with Gasteiger partial charge >= 0.3 is 35.3 Å². The SMILES string of the molecule is C[C@@]1(F)[C@H](OC(=O)c2ccccc2)[C@H](COC(=O)c2ccccc2)O[C@@H]1n1ccc(NC(=O)c2ccccc2)nc1=O.C[C@]1(F)[C@@H](OC(=O)c2ccccc2)[C@@H](COC(=O)c2ccccc2)O[C@H]1n1ccc(NC(=O)c2ccccc2)nc1=O. The molecule has 428 valence electrons. The van der Waals surface area contributed by atoms with Gasteiger partial charge in [-0.3, -0.25) is 18.7 Å². The first-order chi connectivity index (χ1) is 40.5. The van der Waals surface area contributed by atoms with Crippen molar-refractivity contribution in [1.29, 1.82) is 0 Å². The first-order valence-electron chi connectivity index (χ1n) is 26.0. The predicted molar refractivity (Wildman–Crippen MR) is 297 cm³/mol. The van der Waals surface area contributed by atoms with Crippen LogP contribution in [0.3, 0.4) is 0 Å². The third-order valence-corrected chi connectivity index (χ3v) is 13.3. The van der Waals surface area contributed by atoms with Crippen LogP contribution in [0.15, 0.2) is 216 Å². The minimum atomic E-state index is -2.46. The molecule has 4 heterocycles. The number of hydrogen-bond acceptors (Lipinski definition) is 16. The zero-order valence-corrected chi connectivity index (χ0v) is 44.8. The van der Waals surface area contributed by atoms with E-state index in [0.717, 1.165) is 23.0 Å². The second-order valence-corrected chi connectivity index (χ2v) is 19.3. The Bertz CT molecular complexity index is 3500. The molecule has 0 bridgehead atoms. The monoisotopic (exact) mass is 1140 g/mol. The summed E-state index contributed by atoms with van der Waals surface area (Å²) in [6.07, 6.45) is -6.45. The summed E-state index contributed by atoms with van der Waals surface area (Å²) in [6, 6.07) is 51.6. The fourth-order valence-electron chi connectivity index (χ4n) is 9.08. The number of aromatic nitrogens is 4. The topological polar surface area (TPSA) is 252 Å². The third-order valence-electron chi connectivity index (χ3n) is 13.3. The number of nitrogens with zero attached hydrogens (tertiary/aromatic N) is 4. The van der Waals surface area contributed by atoms with E-state index < -0.39 is 108 Å². The Morgan fingerprint density at radius 2 is 0.714 bits per heavy atom. The number of rotatable bonds is 16. The van der Waals surface area contributed by atoms with Crippen molar-refractivity contribution in [2.24, 2.45) is 0 Å². The molecule has 84 heavy (non-hydrogen) atoms. The number of nitrogens with one attached hydrogen (secondary N) is 2. The van der Waals surface area contributed by atoms with Crippen LogP contribution in [0.2, 0.25) is 0 Å². The average molecular weight is 1140 g/mol. The van der Waals surface area contributed by atoms with Crippen LogP contribution < -0.4 is 22.0 Å². The molecule has 2 aliphatic rings. The lowest BCUT2D eigenvalue weighted by Gasteiger charge is -2.27. The number of alkyl halides is 2. The van der Waals surface area contributed by atoms with E-state index in [0.29, 0.717) is 11.1 Å². The van der Waals surface area contributed by atoms with Crippen molar-refractivity contribution in [3.63, 3.8) is 0 Å². The second-order valence-electron chi connectivity index (χ2n) is 19.3. The van der Waals surface area contributed by atoms with Crippen LogP contribution >= 0.6 is 0 Å². The van der Waals surface area contributed by atoms with Gasteiger partial charge in [-0.1, -0.05) is 109 Å². The lowest BCUT2D eigenvalue weighted by Crippen LogP contribution is -2.45. The Hall–Kier alpha value is -10.3. The van der Waals surface area contributed by atoms with E-state index in [9.17, 15) is 38.4 Å². The fraction of sp³-hybridized carbons (Fsp3) is 0.194. The zero-order valence-electron chi connectivity index (χ0n) is 44.8. The maximum atomic E-state index is 16.5. The van der Waals surface area contributed by atoms with Gasteiger partial charge in [-0.05, 0) is 98.8 Å². The Balaban J connectivity index is 0.000000202. The standard InChI is InChI=1S/2C31H26FN3O7/c2*1-31(32)25(42-28(38)22-15-9-4-10-16-22)23(19-40-27(37)21-13-7-3-8-14-21)41-29(31)35-18-17-24(34-30(35)39)33-26(36)20-11-5-2-6-12-20/h2*2-18,23,25,29H,19H2,1H3,(H,33,34,36,39)/t2*23-,25+,29-,31+/m10/s1. The molecule has 2 N–H and O–H groups in total. The van der Waals surface area contributed by atoms with Gasteiger partial charge in [0.15, 0.2) is 36.0 Å². The van der Waals surface area contributed by atoms with E-state index in [2.05, 4.69) is 20.6 Å². The lowest BCUT2D eigenvalue weighted by molar-refractivity contribution is -0.0648. The summed E-state index contributed by atoms with van der Waals surface area (Å²) in [6.45, 7) is 1.31. The van der Waals surface area contributed by atoms with Crippen LogP contribution in [0.25, 0.3) is 0 Å². The van der Waals surface area contributed by atoms with Gasteiger partial charge in [0.05, 0.1) is 22.3 Å². The highest BCUT2D eigenvalue weighted by atomic mass is 19.1. The van der Waals surface area contributed by atoms with Gasteiger partial charge in [-0.25, -0.2) is 37.5 Å². The number of benzene rings is 6. The Kier molecular flexibility index (Phi) is 18.1. The number of carbonyl (C=O) groups excluding carboxylic acids is 6. The van der Waals surface area contributed by atoms with E-state index in [1.165, 1.54) is 48.8 Å². The number of ether oxygens (including phenoxy) is 6. The second kappa shape index (κ2) is 26.1. The molecule has 10 rings (SSSR count). The van der Waals surface area contributed by atoms with E-state index in [-0.39, 0.29) is 33.9 Å². The molecule has 8 aromatic rings. The van der Waals surface area contributed by atoms with Crippen LogP contribution in [-0.2, 0) is 28.4 Å². The third kappa shape index (κ3) is 13.7. The molecule has 2 amide bonds. The van der Waals surface area contributed by atoms with Crippen molar-refractivity contribution in [3.8, 4) is 0 Å². The molecule has 8 atom stereocenters. The zero-order chi connectivity index (χ0) is 59.4. The van der Waals surface area contributed by atoms with Gasteiger partial charge in [0.1, 0.15) is 37.1 Å². The van der Waals surface area contributed by atoms with Crippen LogP contribution in [0.5, 0.6) is 0 Å². The maximum Gasteiger partial charge on any atom is 0.351 e. The summed E-state index contributed by atoms with van der Waals surface area (Å²) >= 11 is 0. The fourth-order valence-corrected chi connectivity index (χ4v) is 9.08. The van der Waals surface area contributed by atoms with Gasteiger partial charge in [0.25, 0.3) is 11.8 Å². The predicted octanol–water partition coefficient (Wildman–Crippen LogP) is 8.41. The molecule has 2 aliphatic heterocycles. The van der Waals surface area contributed by atoms with Gasteiger partial charge in [0.2, 0.25) is 0 Å². The summed E-state index contributed by atoms with van der Waals surface area (Å²) in [5.41, 5.74) is -5.19. The molecule has 2 saturated heterocycles. The number of esters is 4. The molecule has 2 aromatic heterocycles. The molecular formula is C62H52F2N6O14. The average Bonchev–Trinajstić information content (AvgIpc) is 2.24. The Morgan fingerprint density at radius 3 is 1.00 bits per heavy atom. The number of amides is 2. The van der Waals surface area contributed by atoms with E-state index in [4.69, 9.17) is 28.4 Å². The summed E-state index contributed by atoms with van der Waals surface area (Å²) in [4.78, 5) is 110. The van der Waals surface area contributed by atoms with E-state index in [1.54, 1.807) is 158 Å². The molecule has 20 nitrogen and oxygen atoms in total. The van der Waals surface area contributed by atoms with Crippen molar-refractivity contribution in [3.05, 3.63) is 261 Å².